The van der Waals surface area contributed by atoms with Crippen LogP contribution in [0.15, 0.2) is 65.1 Å². The fourth-order valence-corrected chi connectivity index (χ4v) is 2.44. The molecule has 0 bridgehead atoms. The number of carbonyl (C=O) groups is 1. The van der Waals surface area contributed by atoms with Crippen LogP contribution in [0.5, 0.6) is 0 Å². The summed E-state index contributed by atoms with van der Waals surface area (Å²) in [5.41, 5.74) is 2.80. The highest BCUT2D eigenvalue weighted by atomic mass is 19.1. The Balaban J connectivity index is 1.66. The van der Waals surface area contributed by atoms with Gasteiger partial charge in [0.2, 0.25) is 0 Å². The zero-order valence-corrected chi connectivity index (χ0v) is 14.1. The number of carbonyl (C=O) groups excluding carboxylic acids is 1. The van der Waals surface area contributed by atoms with Crippen molar-refractivity contribution < 1.29 is 13.6 Å². The van der Waals surface area contributed by atoms with Crippen LogP contribution in [-0.2, 0) is 6.54 Å². The molecule has 1 aromatic heterocycles. The largest absolute Gasteiger partial charge is 0.451 e. The van der Waals surface area contributed by atoms with Crippen molar-refractivity contribution in [2.75, 3.05) is 19.0 Å². The number of amides is 1. The zero-order valence-electron chi connectivity index (χ0n) is 14.1. The molecule has 4 nitrogen and oxygen atoms in total. The average molecular weight is 338 g/mol. The predicted octanol–water partition coefficient (Wildman–Crippen LogP) is 4.08. The van der Waals surface area contributed by atoms with Crippen LogP contribution in [0.3, 0.4) is 0 Å². The van der Waals surface area contributed by atoms with Crippen molar-refractivity contribution in [2.45, 2.75) is 6.54 Å². The van der Waals surface area contributed by atoms with Gasteiger partial charge in [-0.2, -0.15) is 0 Å². The minimum Gasteiger partial charge on any atom is -0.451 e. The lowest BCUT2D eigenvalue weighted by atomic mass is 10.2. The maximum atomic E-state index is 13.0. The number of rotatable bonds is 5. The number of nitrogens with zero attached hydrogens (tertiary/aromatic N) is 1. The van der Waals surface area contributed by atoms with Crippen molar-refractivity contribution in [1.29, 1.82) is 0 Å². The van der Waals surface area contributed by atoms with E-state index < -0.39 is 0 Å². The molecule has 1 amide bonds. The minimum absolute atomic E-state index is 0.225. The molecule has 3 aromatic rings. The third-order valence-corrected chi connectivity index (χ3v) is 3.84. The first-order chi connectivity index (χ1) is 12.0. The van der Waals surface area contributed by atoms with Gasteiger partial charge in [0.1, 0.15) is 11.6 Å². The van der Waals surface area contributed by atoms with Crippen molar-refractivity contribution in [3.8, 4) is 11.3 Å². The molecule has 0 atom stereocenters. The molecule has 0 unspecified atom stereocenters. The average Bonchev–Trinajstić information content (AvgIpc) is 3.10. The number of hydrogen-bond acceptors (Lipinski definition) is 3. The van der Waals surface area contributed by atoms with Crippen LogP contribution in [-0.4, -0.2) is 20.0 Å². The summed E-state index contributed by atoms with van der Waals surface area (Å²) in [6.45, 7) is 0.410. The van der Waals surface area contributed by atoms with E-state index in [4.69, 9.17) is 4.42 Å². The third-order valence-electron chi connectivity index (χ3n) is 3.84. The van der Waals surface area contributed by atoms with E-state index in [1.165, 1.54) is 12.1 Å². The van der Waals surface area contributed by atoms with Gasteiger partial charge in [0.25, 0.3) is 5.91 Å². The van der Waals surface area contributed by atoms with E-state index in [0.29, 0.717) is 12.3 Å². The van der Waals surface area contributed by atoms with Gasteiger partial charge in [-0.25, -0.2) is 4.39 Å². The molecule has 0 saturated heterocycles. The number of hydrogen-bond donors (Lipinski definition) is 1. The van der Waals surface area contributed by atoms with Gasteiger partial charge in [-0.05, 0) is 54.1 Å². The molecule has 5 heteroatoms. The Hall–Kier alpha value is -3.08. The number of benzene rings is 2. The van der Waals surface area contributed by atoms with Crippen LogP contribution in [0.2, 0.25) is 0 Å². The number of nitrogens with one attached hydrogen (secondary N) is 1. The van der Waals surface area contributed by atoms with Crippen molar-refractivity contribution in [1.82, 2.24) is 5.32 Å². The van der Waals surface area contributed by atoms with Crippen LogP contribution in [0, 0.1) is 5.82 Å². The second-order valence-electron chi connectivity index (χ2n) is 5.92. The van der Waals surface area contributed by atoms with Crippen LogP contribution in [0.1, 0.15) is 16.1 Å². The summed E-state index contributed by atoms with van der Waals surface area (Å²) in [5.74, 6) is 0.152. The minimum atomic E-state index is -0.312. The van der Waals surface area contributed by atoms with Gasteiger partial charge in [-0.3, -0.25) is 4.79 Å². The Morgan fingerprint density at radius 3 is 2.56 bits per heavy atom. The standard InChI is InChI=1S/C20H19FN2O2/c1-23(2)17-5-3-4-14(12-17)13-22-20(24)19-11-10-18(25-19)15-6-8-16(21)9-7-15/h3-12H,13H2,1-2H3,(H,22,24). The molecule has 0 radical (unpaired) electrons. The molecule has 128 valence electrons. The molecule has 0 spiro atoms. The number of halogens is 1. The highest BCUT2D eigenvalue weighted by Crippen LogP contribution is 2.22. The predicted molar refractivity (Wildman–Crippen MR) is 96.0 cm³/mol. The van der Waals surface area contributed by atoms with Gasteiger partial charge in [0.15, 0.2) is 5.76 Å². The summed E-state index contributed by atoms with van der Waals surface area (Å²) >= 11 is 0. The molecule has 25 heavy (non-hydrogen) atoms. The van der Waals surface area contributed by atoms with Gasteiger partial charge in [0.05, 0.1) is 0 Å². The summed E-state index contributed by atoms with van der Waals surface area (Å²) in [4.78, 5) is 14.3. The van der Waals surface area contributed by atoms with E-state index in [1.807, 2.05) is 43.3 Å². The molecule has 1 N–H and O–H groups in total. The van der Waals surface area contributed by atoms with Crippen molar-refractivity contribution in [3.63, 3.8) is 0 Å². The van der Waals surface area contributed by atoms with E-state index in [2.05, 4.69) is 5.32 Å². The normalized spacial score (nSPS) is 10.5. The van der Waals surface area contributed by atoms with E-state index in [9.17, 15) is 9.18 Å². The maximum absolute atomic E-state index is 13.0. The van der Waals surface area contributed by atoms with E-state index in [-0.39, 0.29) is 17.5 Å². The summed E-state index contributed by atoms with van der Waals surface area (Å²) in [7, 11) is 3.94. The maximum Gasteiger partial charge on any atom is 0.287 e. The summed E-state index contributed by atoms with van der Waals surface area (Å²) in [6.07, 6.45) is 0. The first kappa shape index (κ1) is 16.8. The first-order valence-electron chi connectivity index (χ1n) is 7.93. The van der Waals surface area contributed by atoms with E-state index in [1.54, 1.807) is 24.3 Å². The Kier molecular flexibility index (Phi) is 4.84. The topological polar surface area (TPSA) is 45.5 Å². The Morgan fingerprint density at radius 2 is 1.84 bits per heavy atom. The van der Waals surface area contributed by atoms with E-state index >= 15 is 0 Å². The molecule has 2 aromatic carbocycles. The number of anilines is 1. The molecule has 0 aliphatic heterocycles. The molecule has 0 fully saturated rings. The lowest BCUT2D eigenvalue weighted by Crippen LogP contribution is -2.22. The quantitative estimate of drug-likeness (QED) is 0.762. The van der Waals surface area contributed by atoms with Gasteiger partial charge in [-0.15, -0.1) is 0 Å². The second kappa shape index (κ2) is 7.21. The van der Waals surface area contributed by atoms with Crippen LogP contribution >= 0.6 is 0 Å². The molecule has 0 aliphatic rings. The molecule has 1 heterocycles. The highest BCUT2D eigenvalue weighted by Gasteiger charge is 2.12. The lowest BCUT2D eigenvalue weighted by Gasteiger charge is -2.13. The number of furan rings is 1. The van der Waals surface area contributed by atoms with Gasteiger partial charge in [-0.1, -0.05) is 12.1 Å². The van der Waals surface area contributed by atoms with Crippen LogP contribution in [0.4, 0.5) is 10.1 Å². The zero-order chi connectivity index (χ0) is 17.8. The fraction of sp³-hybridized carbons (Fsp3) is 0.150. The lowest BCUT2D eigenvalue weighted by molar-refractivity contribution is 0.0924. The van der Waals surface area contributed by atoms with Crippen molar-refractivity contribution in [2.24, 2.45) is 0 Å². The molecule has 0 aliphatic carbocycles. The smallest absolute Gasteiger partial charge is 0.287 e. The molecule has 3 rings (SSSR count). The Bertz CT molecular complexity index is 869. The third kappa shape index (κ3) is 4.07. The summed E-state index contributed by atoms with van der Waals surface area (Å²) < 4.78 is 18.6. The Morgan fingerprint density at radius 1 is 1.08 bits per heavy atom. The Labute approximate surface area is 145 Å². The molecular formula is C20H19FN2O2. The first-order valence-corrected chi connectivity index (χ1v) is 7.93. The highest BCUT2D eigenvalue weighted by molar-refractivity contribution is 5.92. The van der Waals surface area contributed by atoms with Gasteiger partial charge < -0.3 is 14.6 Å². The van der Waals surface area contributed by atoms with Gasteiger partial charge in [0, 0.05) is 31.9 Å². The van der Waals surface area contributed by atoms with Crippen molar-refractivity contribution >= 4 is 11.6 Å². The fourth-order valence-electron chi connectivity index (χ4n) is 2.44. The summed E-state index contributed by atoms with van der Waals surface area (Å²) in [6, 6.07) is 17.2. The van der Waals surface area contributed by atoms with Crippen molar-refractivity contribution in [3.05, 3.63) is 77.8 Å². The van der Waals surface area contributed by atoms with Crippen LogP contribution in [0.25, 0.3) is 11.3 Å². The monoisotopic (exact) mass is 338 g/mol. The summed E-state index contributed by atoms with van der Waals surface area (Å²) in [5, 5.41) is 2.84. The van der Waals surface area contributed by atoms with Crippen LogP contribution < -0.4 is 10.2 Å². The van der Waals surface area contributed by atoms with Gasteiger partial charge >= 0.3 is 0 Å². The van der Waals surface area contributed by atoms with E-state index in [0.717, 1.165) is 16.8 Å². The molecule has 0 saturated carbocycles. The SMILES string of the molecule is CN(C)c1cccc(CNC(=O)c2ccc(-c3ccc(F)cc3)o2)c1. The second-order valence-corrected chi connectivity index (χ2v) is 5.92. The molecular weight excluding hydrogens is 319 g/mol.